The number of nitrogens with one attached hydrogen (secondary N) is 2. The fourth-order valence-corrected chi connectivity index (χ4v) is 1.91. The van der Waals surface area contributed by atoms with E-state index in [1.807, 2.05) is 6.92 Å². The second-order valence-corrected chi connectivity index (χ2v) is 4.90. The number of carboxylic acid groups (broad SMARTS) is 1. The van der Waals surface area contributed by atoms with E-state index in [9.17, 15) is 19.1 Å². The molecule has 1 atom stereocenters. The number of halogens is 1. The third kappa shape index (κ3) is 3.69. The summed E-state index contributed by atoms with van der Waals surface area (Å²) in [6.07, 6.45) is 0.883. The summed E-state index contributed by atoms with van der Waals surface area (Å²) in [5.74, 6) is -1.69. The molecular weight excluding hydrogens is 263 g/mol. The van der Waals surface area contributed by atoms with Gasteiger partial charge in [-0.1, -0.05) is 25.5 Å². The molecule has 6 heteroatoms. The van der Waals surface area contributed by atoms with Crippen molar-refractivity contribution in [1.82, 2.24) is 5.32 Å². The van der Waals surface area contributed by atoms with Gasteiger partial charge in [0.15, 0.2) is 0 Å². The van der Waals surface area contributed by atoms with Crippen molar-refractivity contribution in [1.29, 1.82) is 0 Å². The van der Waals surface area contributed by atoms with Crippen molar-refractivity contribution >= 4 is 17.7 Å². The van der Waals surface area contributed by atoms with E-state index in [4.69, 9.17) is 0 Å². The minimum atomic E-state index is -1.38. The molecule has 5 nitrogen and oxygen atoms in total. The first-order chi connectivity index (χ1) is 9.30. The number of carbonyl (C=O) groups excluding carboxylic acids is 1. The molecule has 1 aromatic carbocycles. The zero-order valence-electron chi connectivity index (χ0n) is 11.8. The minimum Gasteiger partial charge on any atom is -0.480 e. The molecule has 3 N–H and O–H groups in total. The highest BCUT2D eigenvalue weighted by molar-refractivity contribution is 5.94. The van der Waals surface area contributed by atoms with Crippen LogP contribution in [0.3, 0.4) is 0 Å². The van der Waals surface area contributed by atoms with Gasteiger partial charge in [0.1, 0.15) is 11.4 Å². The quantitative estimate of drug-likeness (QED) is 0.777. The Hall–Kier alpha value is -2.11. The Morgan fingerprint density at radius 1 is 1.40 bits per heavy atom. The summed E-state index contributed by atoms with van der Waals surface area (Å²) in [6.45, 7) is 4.90. The normalized spacial score (nSPS) is 13.4. The van der Waals surface area contributed by atoms with Crippen LogP contribution >= 0.6 is 0 Å². The smallest absolute Gasteiger partial charge is 0.329 e. The van der Waals surface area contributed by atoms with Crippen LogP contribution < -0.4 is 10.6 Å². The van der Waals surface area contributed by atoms with Crippen molar-refractivity contribution in [2.45, 2.75) is 39.2 Å². The Balaban J connectivity index is 2.84. The number of benzene rings is 1. The van der Waals surface area contributed by atoms with Gasteiger partial charge < -0.3 is 15.7 Å². The number of aryl methyl sites for hydroxylation is 1. The van der Waals surface area contributed by atoms with E-state index >= 15 is 0 Å². The van der Waals surface area contributed by atoms with Crippen molar-refractivity contribution in [2.24, 2.45) is 0 Å². The summed E-state index contributed by atoms with van der Waals surface area (Å²) in [7, 11) is 0. The Morgan fingerprint density at radius 3 is 2.55 bits per heavy atom. The fraction of sp³-hybridized carbons (Fsp3) is 0.429. The molecule has 0 radical (unpaired) electrons. The number of carbonyl (C=O) groups is 2. The van der Waals surface area contributed by atoms with Crippen LogP contribution in [0.2, 0.25) is 0 Å². The Bertz CT molecular complexity index is 499. The molecule has 1 rings (SSSR count). The number of hydrogen-bond acceptors (Lipinski definition) is 2. The van der Waals surface area contributed by atoms with Gasteiger partial charge in [-0.25, -0.2) is 14.0 Å². The molecule has 0 fully saturated rings. The van der Waals surface area contributed by atoms with Crippen molar-refractivity contribution in [3.8, 4) is 0 Å². The lowest BCUT2D eigenvalue weighted by molar-refractivity contribution is -0.143. The highest BCUT2D eigenvalue weighted by Crippen LogP contribution is 2.19. The van der Waals surface area contributed by atoms with Crippen molar-refractivity contribution < 1.29 is 19.1 Å². The molecule has 0 saturated carbocycles. The number of rotatable bonds is 5. The van der Waals surface area contributed by atoms with Gasteiger partial charge in [0.2, 0.25) is 0 Å². The Morgan fingerprint density at radius 2 is 2.05 bits per heavy atom. The fourth-order valence-electron chi connectivity index (χ4n) is 1.91. The van der Waals surface area contributed by atoms with Gasteiger partial charge >= 0.3 is 12.0 Å². The summed E-state index contributed by atoms with van der Waals surface area (Å²) < 4.78 is 13.6. The van der Waals surface area contributed by atoms with Crippen LogP contribution in [0.4, 0.5) is 14.9 Å². The molecule has 0 aliphatic carbocycles. The third-order valence-corrected chi connectivity index (χ3v) is 3.07. The van der Waals surface area contributed by atoms with Gasteiger partial charge in [-0.05, 0) is 31.9 Å². The van der Waals surface area contributed by atoms with Crippen LogP contribution in [0, 0.1) is 12.7 Å². The number of urea groups is 1. The average Bonchev–Trinajstić information content (AvgIpc) is 2.34. The molecule has 0 heterocycles. The summed E-state index contributed by atoms with van der Waals surface area (Å²) in [4.78, 5) is 23.1. The zero-order chi connectivity index (χ0) is 15.3. The van der Waals surface area contributed by atoms with Crippen LogP contribution in [0.5, 0.6) is 0 Å². The first-order valence-corrected chi connectivity index (χ1v) is 6.38. The molecule has 20 heavy (non-hydrogen) atoms. The zero-order valence-corrected chi connectivity index (χ0v) is 11.8. The van der Waals surface area contributed by atoms with Crippen LogP contribution in [-0.2, 0) is 4.79 Å². The van der Waals surface area contributed by atoms with Crippen LogP contribution in [0.15, 0.2) is 18.2 Å². The second kappa shape index (κ2) is 6.36. The molecule has 0 spiro atoms. The van der Waals surface area contributed by atoms with E-state index in [2.05, 4.69) is 10.6 Å². The molecule has 0 bridgehead atoms. The second-order valence-electron chi connectivity index (χ2n) is 4.90. The lowest BCUT2D eigenvalue weighted by Crippen LogP contribution is -2.53. The SMILES string of the molecule is CCCC(C)(NC(=O)Nc1c(C)cccc1F)C(=O)O. The third-order valence-electron chi connectivity index (χ3n) is 3.07. The van der Waals surface area contributed by atoms with Crippen LogP contribution in [-0.4, -0.2) is 22.6 Å². The topological polar surface area (TPSA) is 78.4 Å². The highest BCUT2D eigenvalue weighted by atomic mass is 19.1. The van der Waals surface area contributed by atoms with Crippen LogP contribution in [0.1, 0.15) is 32.3 Å². The maximum atomic E-state index is 13.6. The minimum absolute atomic E-state index is 0.0502. The number of aliphatic carboxylic acids is 1. The van der Waals surface area contributed by atoms with Gasteiger partial charge in [0.25, 0.3) is 0 Å². The summed E-state index contributed by atoms with van der Waals surface area (Å²) in [6, 6.07) is 3.68. The van der Waals surface area contributed by atoms with E-state index < -0.39 is 23.4 Å². The first kappa shape index (κ1) is 15.9. The predicted molar refractivity (Wildman–Crippen MR) is 74.2 cm³/mol. The molecule has 2 amide bonds. The van der Waals surface area contributed by atoms with E-state index in [0.29, 0.717) is 12.0 Å². The predicted octanol–water partition coefficient (Wildman–Crippen LogP) is 2.90. The largest absolute Gasteiger partial charge is 0.480 e. The van der Waals surface area contributed by atoms with Gasteiger partial charge in [-0.2, -0.15) is 0 Å². The first-order valence-electron chi connectivity index (χ1n) is 6.38. The molecule has 0 aliphatic heterocycles. The summed E-state index contributed by atoms with van der Waals surface area (Å²) in [5, 5.41) is 13.9. The number of amides is 2. The van der Waals surface area contributed by atoms with Crippen LogP contribution in [0.25, 0.3) is 0 Å². The van der Waals surface area contributed by atoms with Gasteiger partial charge in [-0.15, -0.1) is 0 Å². The van der Waals surface area contributed by atoms with E-state index in [1.54, 1.807) is 13.0 Å². The number of anilines is 1. The van der Waals surface area contributed by atoms with Gasteiger partial charge in [-0.3, -0.25) is 0 Å². The van der Waals surface area contributed by atoms with E-state index in [1.165, 1.54) is 19.1 Å². The monoisotopic (exact) mass is 282 g/mol. The summed E-state index contributed by atoms with van der Waals surface area (Å²) in [5.41, 5.74) is -0.764. The molecule has 1 aromatic rings. The van der Waals surface area contributed by atoms with E-state index in [-0.39, 0.29) is 12.1 Å². The Labute approximate surface area is 117 Å². The number of carboxylic acids is 1. The Kier molecular flexibility index (Phi) is 5.07. The van der Waals surface area contributed by atoms with Gasteiger partial charge in [0.05, 0.1) is 5.69 Å². The molecule has 110 valence electrons. The maximum absolute atomic E-state index is 13.6. The van der Waals surface area contributed by atoms with Crippen molar-refractivity contribution in [3.05, 3.63) is 29.6 Å². The number of para-hydroxylation sites is 1. The lowest BCUT2D eigenvalue weighted by Gasteiger charge is -2.26. The number of hydrogen-bond donors (Lipinski definition) is 3. The molecule has 0 aromatic heterocycles. The molecule has 1 unspecified atom stereocenters. The molecule has 0 saturated heterocycles. The highest BCUT2D eigenvalue weighted by Gasteiger charge is 2.34. The van der Waals surface area contributed by atoms with Gasteiger partial charge in [0, 0.05) is 0 Å². The van der Waals surface area contributed by atoms with E-state index in [0.717, 1.165) is 0 Å². The van der Waals surface area contributed by atoms with Crippen molar-refractivity contribution in [2.75, 3.05) is 5.32 Å². The molecule has 0 aliphatic rings. The summed E-state index contributed by atoms with van der Waals surface area (Å²) >= 11 is 0. The molecular formula is C14H19FN2O3. The standard InChI is InChI=1S/C14H19FN2O3/c1-4-8-14(3,12(18)19)17-13(20)16-11-9(2)6-5-7-10(11)15/h5-7H,4,8H2,1-3H3,(H,18,19)(H2,16,17,20). The van der Waals surface area contributed by atoms with Crippen molar-refractivity contribution in [3.63, 3.8) is 0 Å². The maximum Gasteiger partial charge on any atom is 0.329 e. The lowest BCUT2D eigenvalue weighted by atomic mass is 9.97. The average molecular weight is 282 g/mol.